The van der Waals surface area contributed by atoms with Crippen LogP contribution in [0.3, 0.4) is 0 Å². The molecule has 0 bridgehead atoms. The molecular formula is C12H24N2O4. The Morgan fingerprint density at radius 1 is 1.33 bits per heavy atom. The Kier molecular flexibility index (Phi) is 8.11. The quantitative estimate of drug-likeness (QED) is 0.689. The molecule has 0 aromatic rings. The topological polar surface area (TPSA) is 78.9 Å². The van der Waals surface area contributed by atoms with Gasteiger partial charge in [-0.15, -0.1) is 0 Å². The summed E-state index contributed by atoms with van der Waals surface area (Å²) in [6, 6.07) is -1.14. The average Bonchev–Trinajstić information content (AvgIpc) is 2.35. The molecule has 0 spiro atoms. The molecule has 0 rings (SSSR count). The van der Waals surface area contributed by atoms with Crippen molar-refractivity contribution in [1.29, 1.82) is 0 Å². The summed E-state index contributed by atoms with van der Waals surface area (Å²) in [6.45, 7) is 6.51. The van der Waals surface area contributed by atoms with E-state index < -0.39 is 12.0 Å². The molecule has 0 aromatic carbocycles. The molecule has 2 atom stereocenters. The smallest absolute Gasteiger partial charge is 0.326 e. The van der Waals surface area contributed by atoms with Crippen LogP contribution in [0, 0.1) is 0 Å². The van der Waals surface area contributed by atoms with E-state index in [1.54, 1.807) is 18.9 Å². The van der Waals surface area contributed by atoms with Gasteiger partial charge in [0.25, 0.3) is 0 Å². The summed E-state index contributed by atoms with van der Waals surface area (Å²) in [5.74, 6) is -1.01. The fourth-order valence-corrected chi connectivity index (χ4v) is 1.50. The number of aliphatic carboxylic acids is 1. The molecule has 2 amide bonds. The van der Waals surface area contributed by atoms with Crippen LogP contribution in [-0.4, -0.2) is 54.4 Å². The van der Waals surface area contributed by atoms with Crippen LogP contribution in [0.4, 0.5) is 4.79 Å². The Bertz CT molecular complexity index is 271. The molecule has 0 aromatic heterocycles. The monoisotopic (exact) mass is 260 g/mol. The Hall–Kier alpha value is -1.30. The second-order valence-electron chi connectivity index (χ2n) is 4.19. The number of methoxy groups -OCH3 is 1. The summed E-state index contributed by atoms with van der Waals surface area (Å²) in [4.78, 5) is 24.5. The number of nitrogens with zero attached hydrogens (tertiary/aromatic N) is 1. The number of urea groups is 1. The first-order valence-electron chi connectivity index (χ1n) is 6.26. The van der Waals surface area contributed by atoms with Crippen LogP contribution in [0.5, 0.6) is 0 Å². The van der Waals surface area contributed by atoms with E-state index in [0.29, 0.717) is 19.6 Å². The second-order valence-corrected chi connectivity index (χ2v) is 4.19. The predicted molar refractivity (Wildman–Crippen MR) is 68.6 cm³/mol. The number of carbonyl (C=O) groups excluding carboxylic acids is 1. The number of nitrogens with one attached hydrogen (secondary N) is 1. The number of hydrogen-bond acceptors (Lipinski definition) is 3. The molecule has 6 heteroatoms. The van der Waals surface area contributed by atoms with Gasteiger partial charge in [0.05, 0.1) is 6.61 Å². The van der Waals surface area contributed by atoms with E-state index >= 15 is 0 Å². The number of amides is 2. The Morgan fingerprint density at radius 3 is 2.33 bits per heavy atom. The Balaban J connectivity index is 4.58. The molecule has 2 N–H and O–H groups in total. The van der Waals surface area contributed by atoms with Gasteiger partial charge in [-0.25, -0.2) is 9.59 Å². The maximum atomic E-state index is 12.0. The van der Waals surface area contributed by atoms with Gasteiger partial charge in [0.15, 0.2) is 0 Å². The lowest BCUT2D eigenvalue weighted by atomic mass is 10.2. The molecule has 0 aliphatic carbocycles. The standard InChI is InChI=1S/C12H24N2O4/c1-5-9(3)14(7-8-18-4)12(17)13-10(6-2)11(15)16/h9-10H,5-8H2,1-4H3,(H,13,17)(H,15,16)/t9?,10-/m0/s1. The third kappa shape index (κ3) is 5.35. The van der Waals surface area contributed by atoms with Gasteiger partial charge in [0, 0.05) is 19.7 Å². The minimum Gasteiger partial charge on any atom is -0.480 e. The molecule has 0 saturated carbocycles. The molecular weight excluding hydrogens is 236 g/mol. The summed E-state index contributed by atoms with van der Waals surface area (Å²) in [5, 5.41) is 11.4. The zero-order valence-electron chi connectivity index (χ0n) is 11.6. The number of ether oxygens (including phenoxy) is 1. The van der Waals surface area contributed by atoms with Gasteiger partial charge in [0.1, 0.15) is 6.04 Å². The molecule has 0 aliphatic rings. The molecule has 6 nitrogen and oxygen atoms in total. The molecule has 18 heavy (non-hydrogen) atoms. The number of carboxylic acid groups (broad SMARTS) is 1. The first-order chi connectivity index (χ1) is 8.47. The molecule has 0 heterocycles. The molecule has 0 fully saturated rings. The summed E-state index contributed by atoms with van der Waals surface area (Å²) in [5.41, 5.74) is 0. The van der Waals surface area contributed by atoms with Crippen molar-refractivity contribution in [2.45, 2.75) is 45.7 Å². The van der Waals surface area contributed by atoms with Crippen LogP contribution in [0.1, 0.15) is 33.6 Å². The van der Waals surface area contributed by atoms with Crippen molar-refractivity contribution in [2.75, 3.05) is 20.3 Å². The molecule has 1 unspecified atom stereocenters. The highest BCUT2D eigenvalue weighted by atomic mass is 16.5. The minimum absolute atomic E-state index is 0.0476. The van der Waals surface area contributed by atoms with Gasteiger partial charge >= 0.3 is 12.0 Å². The highest BCUT2D eigenvalue weighted by Crippen LogP contribution is 2.05. The highest BCUT2D eigenvalue weighted by molar-refractivity contribution is 5.82. The van der Waals surface area contributed by atoms with E-state index in [2.05, 4.69) is 5.32 Å². The SMILES string of the molecule is CCC(C)N(CCOC)C(=O)N[C@@H](CC)C(=O)O. The summed E-state index contributed by atoms with van der Waals surface area (Å²) in [6.07, 6.45) is 1.17. The summed E-state index contributed by atoms with van der Waals surface area (Å²) < 4.78 is 4.96. The minimum atomic E-state index is -1.01. The van der Waals surface area contributed by atoms with Gasteiger partial charge in [-0.1, -0.05) is 13.8 Å². The van der Waals surface area contributed by atoms with Crippen molar-refractivity contribution < 1.29 is 19.4 Å². The van der Waals surface area contributed by atoms with Gasteiger partial charge in [-0.2, -0.15) is 0 Å². The lowest BCUT2D eigenvalue weighted by Crippen LogP contribution is -2.51. The second kappa shape index (κ2) is 8.74. The van der Waals surface area contributed by atoms with E-state index in [0.717, 1.165) is 6.42 Å². The zero-order valence-corrected chi connectivity index (χ0v) is 11.6. The third-order valence-corrected chi connectivity index (χ3v) is 2.92. The van der Waals surface area contributed by atoms with E-state index in [9.17, 15) is 9.59 Å². The van der Waals surface area contributed by atoms with E-state index in [1.807, 2.05) is 13.8 Å². The van der Waals surface area contributed by atoms with Crippen LogP contribution in [0.2, 0.25) is 0 Å². The van der Waals surface area contributed by atoms with Crippen LogP contribution < -0.4 is 5.32 Å². The van der Waals surface area contributed by atoms with Crippen molar-refractivity contribution in [1.82, 2.24) is 10.2 Å². The van der Waals surface area contributed by atoms with Crippen LogP contribution in [0.15, 0.2) is 0 Å². The molecule has 106 valence electrons. The van der Waals surface area contributed by atoms with E-state index in [1.165, 1.54) is 0 Å². The van der Waals surface area contributed by atoms with Gasteiger partial charge in [0.2, 0.25) is 0 Å². The third-order valence-electron chi connectivity index (χ3n) is 2.92. The van der Waals surface area contributed by atoms with Crippen molar-refractivity contribution in [2.24, 2.45) is 0 Å². The fourth-order valence-electron chi connectivity index (χ4n) is 1.50. The van der Waals surface area contributed by atoms with Gasteiger partial charge < -0.3 is 20.1 Å². The van der Waals surface area contributed by atoms with Crippen LogP contribution >= 0.6 is 0 Å². The first kappa shape index (κ1) is 16.7. The Labute approximate surface area is 108 Å². The van der Waals surface area contributed by atoms with Crippen LogP contribution in [0.25, 0.3) is 0 Å². The van der Waals surface area contributed by atoms with Crippen molar-refractivity contribution in [3.8, 4) is 0 Å². The maximum absolute atomic E-state index is 12.0. The average molecular weight is 260 g/mol. The maximum Gasteiger partial charge on any atom is 0.326 e. The normalized spacial score (nSPS) is 13.8. The summed E-state index contributed by atoms with van der Waals surface area (Å²) >= 11 is 0. The molecule has 0 aliphatic heterocycles. The fraction of sp³-hybridized carbons (Fsp3) is 0.833. The Morgan fingerprint density at radius 2 is 1.94 bits per heavy atom. The zero-order chi connectivity index (χ0) is 14.1. The van der Waals surface area contributed by atoms with E-state index in [4.69, 9.17) is 9.84 Å². The van der Waals surface area contributed by atoms with Crippen LogP contribution in [-0.2, 0) is 9.53 Å². The van der Waals surface area contributed by atoms with Gasteiger partial charge in [-0.05, 0) is 19.8 Å². The lowest BCUT2D eigenvalue weighted by Gasteiger charge is -2.29. The first-order valence-corrected chi connectivity index (χ1v) is 6.26. The highest BCUT2D eigenvalue weighted by Gasteiger charge is 2.23. The number of hydrogen-bond donors (Lipinski definition) is 2. The molecule has 0 radical (unpaired) electrons. The lowest BCUT2D eigenvalue weighted by molar-refractivity contribution is -0.139. The van der Waals surface area contributed by atoms with E-state index in [-0.39, 0.29) is 12.1 Å². The van der Waals surface area contributed by atoms with Crippen molar-refractivity contribution >= 4 is 12.0 Å². The van der Waals surface area contributed by atoms with Gasteiger partial charge in [-0.3, -0.25) is 0 Å². The molecule has 0 saturated heterocycles. The summed E-state index contributed by atoms with van der Waals surface area (Å²) in [7, 11) is 1.57. The number of rotatable bonds is 8. The largest absolute Gasteiger partial charge is 0.480 e. The van der Waals surface area contributed by atoms with Crippen molar-refractivity contribution in [3.05, 3.63) is 0 Å². The van der Waals surface area contributed by atoms with Crippen molar-refractivity contribution in [3.63, 3.8) is 0 Å². The predicted octanol–water partition coefficient (Wildman–Crippen LogP) is 1.31. The number of carbonyl (C=O) groups is 2. The number of carboxylic acids is 1.